The fourth-order valence-electron chi connectivity index (χ4n) is 5.40. The van der Waals surface area contributed by atoms with Gasteiger partial charge in [0, 0.05) is 12.0 Å². The molecule has 4 rings (SSSR count). The molecule has 7 nitrogen and oxygen atoms in total. The zero-order valence-electron chi connectivity index (χ0n) is 20.2. The molecule has 3 atom stereocenters. The Bertz CT molecular complexity index is 1020. The summed E-state index contributed by atoms with van der Waals surface area (Å²) in [5.41, 5.74) is 4.54. The SMILES string of the molecule is CCC[C@@H](NC(=O)OCC1c2ccccc2-c2ccccc21)C(=O)N[C@H]1CCCCC[C@H]1C(=O)O. The van der Waals surface area contributed by atoms with E-state index in [1.165, 1.54) is 0 Å². The van der Waals surface area contributed by atoms with Crippen molar-refractivity contribution in [2.24, 2.45) is 5.92 Å². The number of nitrogens with one attached hydrogen (secondary N) is 2. The van der Waals surface area contributed by atoms with E-state index in [4.69, 9.17) is 4.74 Å². The maximum absolute atomic E-state index is 13.0. The highest BCUT2D eigenvalue weighted by Crippen LogP contribution is 2.44. The third kappa shape index (κ3) is 5.66. The molecule has 3 N–H and O–H groups in total. The average molecular weight is 479 g/mol. The molecule has 0 aliphatic heterocycles. The van der Waals surface area contributed by atoms with Crippen molar-refractivity contribution in [3.63, 3.8) is 0 Å². The molecule has 2 aromatic rings. The lowest BCUT2D eigenvalue weighted by atomic mass is 9.94. The van der Waals surface area contributed by atoms with Gasteiger partial charge < -0.3 is 20.5 Å². The molecule has 186 valence electrons. The molecule has 7 heteroatoms. The molecule has 0 radical (unpaired) electrons. The Morgan fingerprint density at radius 1 is 0.971 bits per heavy atom. The zero-order valence-corrected chi connectivity index (χ0v) is 20.2. The van der Waals surface area contributed by atoms with Crippen molar-refractivity contribution in [2.45, 2.75) is 69.9 Å². The summed E-state index contributed by atoms with van der Waals surface area (Å²) in [5.74, 6) is -1.89. The predicted molar refractivity (Wildman–Crippen MR) is 133 cm³/mol. The first-order valence-corrected chi connectivity index (χ1v) is 12.6. The van der Waals surface area contributed by atoms with E-state index in [2.05, 4.69) is 34.9 Å². The molecule has 0 bridgehead atoms. The first-order chi connectivity index (χ1) is 17.0. The van der Waals surface area contributed by atoms with Crippen LogP contribution in [-0.2, 0) is 14.3 Å². The number of carbonyl (C=O) groups is 3. The van der Waals surface area contributed by atoms with Gasteiger partial charge >= 0.3 is 12.1 Å². The van der Waals surface area contributed by atoms with E-state index < -0.39 is 30.1 Å². The van der Waals surface area contributed by atoms with Crippen molar-refractivity contribution in [3.05, 3.63) is 59.7 Å². The number of ether oxygens (including phenoxy) is 1. The number of hydrogen-bond donors (Lipinski definition) is 3. The van der Waals surface area contributed by atoms with Crippen molar-refractivity contribution < 1.29 is 24.2 Å². The van der Waals surface area contributed by atoms with Crippen LogP contribution in [0.15, 0.2) is 48.5 Å². The van der Waals surface area contributed by atoms with Crippen LogP contribution >= 0.6 is 0 Å². The summed E-state index contributed by atoms with van der Waals surface area (Å²) in [7, 11) is 0. The first kappa shape index (κ1) is 24.8. The molecular formula is C28H34N2O5. The van der Waals surface area contributed by atoms with E-state index in [9.17, 15) is 19.5 Å². The number of alkyl carbamates (subject to hydrolysis) is 1. The topological polar surface area (TPSA) is 105 Å². The molecule has 2 amide bonds. The summed E-state index contributed by atoms with van der Waals surface area (Å²) in [4.78, 5) is 37.5. The van der Waals surface area contributed by atoms with Crippen LogP contribution in [0, 0.1) is 5.92 Å². The normalized spacial score (nSPS) is 20.1. The number of aliphatic carboxylic acids is 1. The van der Waals surface area contributed by atoms with Crippen molar-refractivity contribution in [1.82, 2.24) is 10.6 Å². The van der Waals surface area contributed by atoms with Crippen LogP contribution in [0.5, 0.6) is 0 Å². The molecule has 2 aromatic carbocycles. The lowest BCUT2D eigenvalue weighted by molar-refractivity contribution is -0.143. The number of amides is 2. The monoisotopic (exact) mass is 478 g/mol. The Kier molecular flexibility index (Phi) is 8.06. The van der Waals surface area contributed by atoms with Crippen LogP contribution in [0.1, 0.15) is 68.9 Å². The second-order valence-corrected chi connectivity index (χ2v) is 9.51. The Morgan fingerprint density at radius 2 is 1.60 bits per heavy atom. The minimum absolute atomic E-state index is 0.0612. The zero-order chi connectivity index (χ0) is 24.8. The van der Waals surface area contributed by atoms with Gasteiger partial charge in [-0.1, -0.05) is 81.1 Å². The smallest absolute Gasteiger partial charge is 0.407 e. The van der Waals surface area contributed by atoms with E-state index in [1.807, 2.05) is 31.2 Å². The number of fused-ring (bicyclic) bond motifs is 3. The van der Waals surface area contributed by atoms with Crippen molar-refractivity contribution in [1.29, 1.82) is 0 Å². The van der Waals surface area contributed by atoms with Gasteiger partial charge in [0.05, 0.1) is 5.92 Å². The maximum atomic E-state index is 13.0. The van der Waals surface area contributed by atoms with Gasteiger partial charge in [-0.25, -0.2) is 4.79 Å². The van der Waals surface area contributed by atoms with Gasteiger partial charge in [0.15, 0.2) is 0 Å². The Labute approximate surface area is 206 Å². The van der Waals surface area contributed by atoms with Crippen molar-refractivity contribution in [3.8, 4) is 11.1 Å². The van der Waals surface area contributed by atoms with E-state index in [0.29, 0.717) is 25.7 Å². The fourth-order valence-corrected chi connectivity index (χ4v) is 5.40. The molecule has 2 aliphatic rings. The summed E-state index contributed by atoms with van der Waals surface area (Å²) in [6.45, 7) is 2.11. The lowest BCUT2D eigenvalue weighted by Crippen LogP contribution is -2.52. The van der Waals surface area contributed by atoms with Gasteiger partial charge in [0.2, 0.25) is 5.91 Å². The van der Waals surface area contributed by atoms with Crippen LogP contribution in [0.2, 0.25) is 0 Å². The number of carbonyl (C=O) groups excluding carboxylic acids is 2. The van der Waals surface area contributed by atoms with Gasteiger partial charge in [-0.3, -0.25) is 9.59 Å². The number of carboxylic acid groups (broad SMARTS) is 1. The summed E-state index contributed by atoms with van der Waals surface area (Å²) in [5, 5.41) is 15.2. The fraction of sp³-hybridized carbons (Fsp3) is 0.464. The quantitative estimate of drug-likeness (QED) is 0.471. The third-order valence-corrected chi connectivity index (χ3v) is 7.19. The molecule has 0 heterocycles. The van der Waals surface area contributed by atoms with Crippen LogP contribution in [0.25, 0.3) is 11.1 Å². The molecule has 1 saturated carbocycles. The number of benzene rings is 2. The minimum Gasteiger partial charge on any atom is -0.481 e. The molecular weight excluding hydrogens is 444 g/mol. The van der Waals surface area contributed by atoms with Crippen LogP contribution < -0.4 is 10.6 Å². The molecule has 0 spiro atoms. The van der Waals surface area contributed by atoms with Gasteiger partial charge in [-0.2, -0.15) is 0 Å². The minimum atomic E-state index is -0.881. The van der Waals surface area contributed by atoms with Gasteiger partial charge in [0.25, 0.3) is 0 Å². The van der Waals surface area contributed by atoms with E-state index in [0.717, 1.165) is 41.5 Å². The summed E-state index contributed by atoms with van der Waals surface area (Å²) in [6.07, 6.45) is 4.37. The highest BCUT2D eigenvalue weighted by Gasteiger charge is 2.33. The highest BCUT2D eigenvalue weighted by atomic mass is 16.5. The van der Waals surface area contributed by atoms with Crippen LogP contribution in [-0.4, -0.2) is 41.8 Å². The Balaban J connectivity index is 1.38. The highest BCUT2D eigenvalue weighted by molar-refractivity contribution is 5.86. The van der Waals surface area contributed by atoms with Crippen LogP contribution in [0.4, 0.5) is 4.79 Å². The first-order valence-electron chi connectivity index (χ1n) is 12.6. The molecule has 1 fully saturated rings. The van der Waals surface area contributed by atoms with Crippen molar-refractivity contribution in [2.75, 3.05) is 6.61 Å². The van der Waals surface area contributed by atoms with E-state index >= 15 is 0 Å². The Morgan fingerprint density at radius 3 is 2.23 bits per heavy atom. The number of hydrogen-bond acceptors (Lipinski definition) is 4. The second-order valence-electron chi connectivity index (χ2n) is 9.51. The molecule has 0 saturated heterocycles. The number of carboxylic acids is 1. The van der Waals surface area contributed by atoms with Crippen molar-refractivity contribution >= 4 is 18.0 Å². The second kappa shape index (κ2) is 11.4. The summed E-state index contributed by atoms with van der Waals surface area (Å²) in [6, 6.07) is 15.0. The Hall–Kier alpha value is -3.35. The standard InChI is InChI=1S/C28H34N2O5/c1-2-10-25(26(31)29-24-16-5-3-4-15-22(24)27(32)33)30-28(34)35-17-23-20-13-8-6-11-18(20)19-12-7-9-14-21(19)23/h6-9,11-14,22-25H,2-5,10,15-17H2,1H3,(H,29,31)(H,30,34)(H,32,33)/t22-,24+,25-/m1/s1. The predicted octanol–water partition coefficient (Wildman–Crippen LogP) is 4.84. The molecule has 35 heavy (non-hydrogen) atoms. The van der Waals surface area contributed by atoms with E-state index in [-0.39, 0.29) is 18.4 Å². The molecule has 0 aromatic heterocycles. The average Bonchev–Trinajstić information content (AvgIpc) is 2.98. The van der Waals surface area contributed by atoms with E-state index in [1.54, 1.807) is 0 Å². The third-order valence-electron chi connectivity index (χ3n) is 7.19. The summed E-state index contributed by atoms with van der Waals surface area (Å²) < 4.78 is 5.61. The van der Waals surface area contributed by atoms with Crippen LogP contribution in [0.3, 0.4) is 0 Å². The van der Waals surface area contributed by atoms with Gasteiger partial charge in [0.1, 0.15) is 12.6 Å². The largest absolute Gasteiger partial charge is 0.481 e. The van der Waals surface area contributed by atoms with Gasteiger partial charge in [-0.15, -0.1) is 0 Å². The lowest BCUT2D eigenvalue weighted by Gasteiger charge is -2.26. The molecule has 0 unspecified atom stereocenters. The maximum Gasteiger partial charge on any atom is 0.407 e. The summed E-state index contributed by atoms with van der Waals surface area (Å²) >= 11 is 0. The molecule has 2 aliphatic carbocycles. The van der Waals surface area contributed by atoms with Gasteiger partial charge in [-0.05, 0) is 41.5 Å². The number of rotatable bonds is 8.